The SMILES string of the molecule is CS(=O)c1nc(Nc2ccc3[nH]ncc3c2)c2c(=O)[nH]ccc2n1. The maximum Gasteiger partial charge on any atom is 0.261 e. The minimum absolute atomic E-state index is 0.167. The van der Waals surface area contributed by atoms with Crippen molar-refractivity contribution in [2.45, 2.75) is 5.16 Å². The number of aromatic amines is 2. The molecule has 3 N–H and O–H groups in total. The molecule has 3 heterocycles. The van der Waals surface area contributed by atoms with Crippen molar-refractivity contribution < 1.29 is 4.21 Å². The number of anilines is 2. The first-order valence-electron chi connectivity index (χ1n) is 7.05. The van der Waals surface area contributed by atoms with Crippen molar-refractivity contribution in [1.82, 2.24) is 25.1 Å². The highest BCUT2D eigenvalue weighted by Gasteiger charge is 2.13. The van der Waals surface area contributed by atoms with Crippen molar-refractivity contribution in [2.75, 3.05) is 11.6 Å². The number of fused-ring (bicyclic) bond motifs is 2. The Hall–Kier alpha value is -3.07. The first-order chi connectivity index (χ1) is 11.6. The van der Waals surface area contributed by atoms with Gasteiger partial charge in [0.15, 0.2) is 0 Å². The highest BCUT2D eigenvalue weighted by Crippen LogP contribution is 2.24. The van der Waals surface area contributed by atoms with Crippen LogP contribution in [0.25, 0.3) is 21.8 Å². The number of benzene rings is 1. The lowest BCUT2D eigenvalue weighted by Gasteiger charge is -2.09. The molecule has 9 heteroatoms. The fourth-order valence-electron chi connectivity index (χ4n) is 2.45. The molecule has 0 bridgehead atoms. The summed E-state index contributed by atoms with van der Waals surface area (Å²) in [5, 5.41) is 11.4. The van der Waals surface area contributed by atoms with Crippen molar-refractivity contribution in [2.24, 2.45) is 0 Å². The molecule has 0 aliphatic carbocycles. The van der Waals surface area contributed by atoms with Crippen LogP contribution in [0.15, 0.2) is 46.6 Å². The number of H-pyrrole nitrogens is 2. The number of pyridine rings is 1. The van der Waals surface area contributed by atoms with Gasteiger partial charge in [-0.1, -0.05) is 0 Å². The van der Waals surface area contributed by atoms with Gasteiger partial charge in [0, 0.05) is 23.5 Å². The molecule has 0 saturated heterocycles. The molecule has 120 valence electrons. The summed E-state index contributed by atoms with van der Waals surface area (Å²) in [6.45, 7) is 0. The van der Waals surface area contributed by atoms with E-state index in [0.717, 1.165) is 16.6 Å². The summed E-state index contributed by atoms with van der Waals surface area (Å²) in [6, 6.07) is 7.25. The zero-order valence-electron chi connectivity index (χ0n) is 12.5. The van der Waals surface area contributed by atoms with Gasteiger partial charge in [-0.2, -0.15) is 5.10 Å². The Bertz CT molecular complexity index is 1150. The lowest BCUT2D eigenvalue weighted by atomic mass is 10.2. The van der Waals surface area contributed by atoms with Crippen molar-refractivity contribution in [1.29, 1.82) is 0 Å². The van der Waals surface area contributed by atoms with E-state index >= 15 is 0 Å². The number of aromatic nitrogens is 5. The first kappa shape index (κ1) is 14.5. The molecule has 0 radical (unpaired) electrons. The fourth-order valence-corrected chi connectivity index (χ4v) is 2.89. The molecular formula is C15H12N6O2S. The molecule has 0 saturated carbocycles. The lowest BCUT2D eigenvalue weighted by Crippen LogP contribution is -2.11. The Morgan fingerprint density at radius 3 is 2.92 bits per heavy atom. The molecule has 8 nitrogen and oxygen atoms in total. The van der Waals surface area contributed by atoms with Crippen LogP contribution in [0.3, 0.4) is 0 Å². The monoisotopic (exact) mass is 340 g/mol. The number of nitrogens with one attached hydrogen (secondary N) is 3. The maximum absolute atomic E-state index is 12.2. The first-order valence-corrected chi connectivity index (χ1v) is 8.60. The molecule has 0 aliphatic rings. The van der Waals surface area contributed by atoms with E-state index in [-0.39, 0.29) is 10.7 Å². The van der Waals surface area contributed by atoms with Crippen LogP contribution in [0.1, 0.15) is 0 Å². The fraction of sp³-hybridized carbons (Fsp3) is 0.0667. The average molecular weight is 340 g/mol. The second-order valence-corrected chi connectivity index (χ2v) is 6.45. The van der Waals surface area contributed by atoms with Gasteiger partial charge in [0.1, 0.15) is 11.2 Å². The van der Waals surface area contributed by atoms with E-state index in [1.165, 1.54) is 12.5 Å². The van der Waals surface area contributed by atoms with Crippen LogP contribution in [0, 0.1) is 0 Å². The number of hydrogen-bond donors (Lipinski definition) is 3. The van der Waals surface area contributed by atoms with Gasteiger partial charge in [-0.05, 0) is 24.3 Å². The van der Waals surface area contributed by atoms with Gasteiger partial charge in [-0.15, -0.1) is 0 Å². The van der Waals surface area contributed by atoms with E-state index in [0.29, 0.717) is 16.7 Å². The summed E-state index contributed by atoms with van der Waals surface area (Å²) in [7, 11) is -1.37. The molecule has 0 aliphatic heterocycles. The molecular weight excluding hydrogens is 328 g/mol. The number of nitrogens with zero attached hydrogens (tertiary/aromatic N) is 3. The average Bonchev–Trinajstić information content (AvgIpc) is 3.02. The van der Waals surface area contributed by atoms with Gasteiger partial charge in [-0.3, -0.25) is 14.1 Å². The molecule has 4 aromatic rings. The molecule has 1 atom stereocenters. The van der Waals surface area contributed by atoms with Gasteiger partial charge >= 0.3 is 0 Å². The third-order valence-electron chi connectivity index (χ3n) is 3.56. The van der Waals surface area contributed by atoms with Crippen molar-refractivity contribution >= 4 is 44.1 Å². The standard InChI is InChI=1S/C15H12N6O2S/c1-24(23)15-19-11-4-5-16-14(22)12(11)13(20-15)18-9-2-3-10-8(6-9)7-17-21-10/h2-7H,1H3,(H,16,22)(H,17,21)(H,18,19,20). The Labute approximate surface area is 137 Å². The molecule has 24 heavy (non-hydrogen) atoms. The molecule has 0 spiro atoms. The Balaban J connectivity index is 1.90. The Kier molecular flexibility index (Phi) is 3.35. The molecule has 1 aromatic carbocycles. The summed E-state index contributed by atoms with van der Waals surface area (Å²) in [5.74, 6) is 0.315. The normalized spacial score (nSPS) is 12.5. The summed E-state index contributed by atoms with van der Waals surface area (Å²) in [6.07, 6.45) is 4.70. The van der Waals surface area contributed by atoms with E-state index in [9.17, 15) is 9.00 Å². The largest absolute Gasteiger partial charge is 0.339 e. The summed E-state index contributed by atoms with van der Waals surface area (Å²) < 4.78 is 11.8. The van der Waals surface area contributed by atoms with Gasteiger partial charge in [0.2, 0.25) is 5.16 Å². The van der Waals surface area contributed by atoms with E-state index in [1.54, 1.807) is 12.3 Å². The van der Waals surface area contributed by atoms with Gasteiger partial charge in [-0.25, -0.2) is 9.97 Å². The van der Waals surface area contributed by atoms with Gasteiger partial charge < -0.3 is 10.3 Å². The number of rotatable bonds is 3. The van der Waals surface area contributed by atoms with E-state index in [2.05, 4.69) is 30.5 Å². The molecule has 3 aromatic heterocycles. The van der Waals surface area contributed by atoms with Crippen LogP contribution >= 0.6 is 0 Å². The maximum atomic E-state index is 12.2. The zero-order chi connectivity index (χ0) is 16.7. The zero-order valence-corrected chi connectivity index (χ0v) is 13.3. The highest BCUT2D eigenvalue weighted by atomic mass is 32.2. The van der Waals surface area contributed by atoms with Crippen LogP contribution in [-0.2, 0) is 10.8 Å². The lowest BCUT2D eigenvalue weighted by molar-refractivity contribution is 0.680. The van der Waals surface area contributed by atoms with E-state index < -0.39 is 10.8 Å². The summed E-state index contributed by atoms with van der Waals surface area (Å²) >= 11 is 0. The molecule has 0 amide bonds. The van der Waals surface area contributed by atoms with Crippen LogP contribution in [0.2, 0.25) is 0 Å². The molecule has 0 fully saturated rings. The van der Waals surface area contributed by atoms with Crippen LogP contribution in [-0.4, -0.2) is 35.6 Å². The third-order valence-corrected chi connectivity index (χ3v) is 4.26. The van der Waals surface area contributed by atoms with Crippen molar-refractivity contribution in [3.8, 4) is 0 Å². The second-order valence-electron chi connectivity index (χ2n) is 5.17. The van der Waals surface area contributed by atoms with Crippen LogP contribution in [0.5, 0.6) is 0 Å². The van der Waals surface area contributed by atoms with Gasteiger partial charge in [0.05, 0.1) is 28.0 Å². The van der Waals surface area contributed by atoms with Crippen molar-refractivity contribution in [3.63, 3.8) is 0 Å². The predicted octanol–water partition coefficient (Wildman–Crippen LogP) is 1.68. The molecule has 4 rings (SSSR count). The smallest absolute Gasteiger partial charge is 0.261 e. The minimum atomic E-state index is -1.37. The number of hydrogen-bond acceptors (Lipinski definition) is 6. The second kappa shape index (κ2) is 5.53. The van der Waals surface area contributed by atoms with Crippen molar-refractivity contribution in [3.05, 3.63) is 47.0 Å². The Morgan fingerprint density at radius 2 is 2.08 bits per heavy atom. The van der Waals surface area contributed by atoms with Crippen LogP contribution in [0.4, 0.5) is 11.5 Å². The summed E-state index contributed by atoms with van der Waals surface area (Å²) in [5.41, 5.74) is 1.76. The van der Waals surface area contributed by atoms with Gasteiger partial charge in [0.25, 0.3) is 5.56 Å². The van der Waals surface area contributed by atoms with E-state index in [1.807, 2.05) is 18.2 Å². The highest BCUT2D eigenvalue weighted by molar-refractivity contribution is 7.84. The molecule has 1 unspecified atom stereocenters. The quantitative estimate of drug-likeness (QED) is 0.489. The minimum Gasteiger partial charge on any atom is -0.339 e. The Morgan fingerprint density at radius 1 is 1.21 bits per heavy atom. The van der Waals surface area contributed by atoms with E-state index in [4.69, 9.17) is 0 Å². The van der Waals surface area contributed by atoms with Crippen LogP contribution < -0.4 is 10.9 Å². The predicted molar refractivity (Wildman–Crippen MR) is 91.9 cm³/mol. The summed E-state index contributed by atoms with van der Waals surface area (Å²) in [4.78, 5) is 23.2. The third kappa shape index (κ3) is 2.44. The topological polar surface area (TPSA) is 116 Å².